The van der Waals surface area contributed by atoms with Crippen LogP contribution in [0.5, 0.6) is 0 Å². The highest BCUT2D eigenvalue weighted by Crippen LogP contribution is 2.43. The molecule has 1 aliphatic heterocycles. The fourth-order valence-electron chi connectivity index (χ4n) is 3.54. The third-order valence-electron chi connectivity index (χ3n) is 4.84. The number of hydrogen-bond donors (Lipinski definition) is 1. The van der Waals surface area contributed by atoms with Crippen molar-refractivity contribution < 1.29 is 28.3 Å². The first-order valence-electron chi connectivity index (χ1n) is 8.59. The number of nitrogens with two attached hydrogens (primary N) is 1. The molecule has 3 rings (SSSR count). The molecule has 0 radical (unpaired) electrons. The lowest BCUT2D eigenvalue weighted by Gasteiger charge is -2.39. The maximum absolute atomic E-state index is 14.4. The number of ether oxygens (including phenoxy) is 1. The molecule has 10 heteroatoms. The van der Waals surface area contributed by atoms with Crippen LogP contribution in [0, 0.1) is 5.82 Å². The summed E-state index contributed by atoms with van der Waals surface area (Å²) < 4.78 is 19.7. The van der Waals surface area contributed by atoms with E-state index in [1.54, 1.807) is 6.07 Å². The average Bonchev–Trinajstić information content (AvgIpc) is 2.69. The lowest BCUT2D eigenvalue weighted by molar-refractivity contribution is -0.158. The highest BCUT2D eigenvalue weighted by molar-refractivity contribution is 9.10. The van der Waals surface area contributed by atoms with E-state index >= 15 is 0 Å². The zero-order chi connectivity index (χ0) is 22.2. The van der Waals surface area contributed by atoms with E-state index in [-0.39, 0.29) is 21.7 Å². The quantitative estimate of drug-likeness (QED) is 0.388. The van der Waals surface area contributed by atoms with Crippen molar-refractivity contribution in [3.63, 3.8) is 0 Å². The second kappa shape index (κ2) is 8.16. The van der Waals surface area contributed by atoms with Gasteiger partial charge in [-0.3, -0.25) is 24.1 Å². The van der Waals surface area contributed by atoms with Gasteiger partial charge in [0.1, 0.15) is 5.82 Å². The molecule has 1 heterocycles. The maximum atomic E-state index is 14.4. The van der Waals surface area contributed by atoms with Crippen molar-refractivity contribution in [1.29, 1.82) is 0 Å². The van der Waals surface area contributed by atoms with Gasteiger partial charge < -0.3 is 10.5 Å². The van der Waals surface area contributed by atoms with Gasteiger partial charge in [0, 0.05) is 26.2 Å². The Hall–Kier alpha value is -2.78. The summed E-state index contributed by atoms with van der Waals surface area (Å²) in [5.74, 6) is -4.61. The smallest absolute Gasteiger partial charge is 0.326 e. The van der Waals surface area contributed by atoms with E-state index < -0.39 is 47.9 Å². The summed E-state index contributed by atoms with van der Waals surface area (Å²) in [6.07, 6.45) is -0.776. The summed E-state index contributed by atoms with van der Waals surface area (Å²) in [5.41, 5.74) is 2.86. The van der Waals surface area contributed by atoms with Gasteiger partial charge in [-0.15, -0.1) is 0 Å². The van der Waals surface area contributed by atoms with Gasteiger partial charge in [0.15, 0.2) is 5.41 Å². The number of primary amides is 1. The first-order valence-corrected chi connectivity index (χ1v) is 9.76. The summed E-state index contributed by atoms with van der Waals surface area (Å²) in [6, 6.07) is 8.30. The lowest BCUT2D eigenvalue weighted by Crippen LogP contribution is -2.59. The third kappa shape index (κ3) is 3.48. The Morgan fingerprint density at radius 3 is 2.57 bits per heavy atom. The van der Waals surface area contributed by atoms with Crippen molar-refractivity contribution in [3.05, 3.63) is 68.4 Å². The Balaban J connectivity index is 2.25. The first-order chi connectivity index (χ1) is 14.1. The molecule has 0 spiro atoms. The van der Waals surface area contributed by atoms with E-state index in [2.05, 4.69) is 15.9 Å². The van der Waals surface area contributed by atoms with Crippen LogP contribution < -0.4 is 5.73 Å². The van der Waals surface area contributed by atoms with Gasteiger partial charge >= 0.3 is 5.97 Å². The predicted octanol–water partition coefficient (Wildman–Crippen LogP) is 2.71. The Kier molecular flexibility index (Phi) is 5.96. The van der Waals surface area contributed by atoms with Crippen molar-refractivity contribution in [2.45, 2.75) is 18.4 Å². The van der Waals surface area contributed by atoms with Crippen LogP contribution in [0.1, 0.15) is 27.9 Å². The van der Waals surface area contributed by atoms with Crippen molar-refractivity contribution in [2.75, 3.05) is 7.11 Å². The molecule has 0 saturated carbocycles. The second-order valence-electron chi connectivity index (χ2n) is 6.63. The third-order valence-corrected chi connectivity index (χ3v) is 5.65. The number of rotatable bonds is 5. The Morgan fingerprint density at radius 2 is 1.97 bits per heavy atom. The van der Waals surface area contributed by atoms with Crippen LogP contribution in [-0.2, 0) is 31.1 Å². The minimum atomic E-state index is -2.27. The van der Waals surface area contributed by atoms with Crippen LogP contribution in [-0.4, -0.2) is 35.7 Å². The number of carbonyl (C=O) groups is 4. The number of benzene rings is 2. The van der Waals surface area contributed by atoms with Crippen LogP contribution in [0.15, 0.2) is 40.9 Å². The van der Waals surface area contributed by atoms with Gasteiger partial charge in [-0.25, -0.2) is 4.39 Å². The molecule has 3 amide bonds. The number of amides is 3. The fourth-order valence-corrected chi connectivity index (χ4v) is 4.21. The highest BCUT2D eigenvalue weighted by atomic mass is 79.9. The molecule has 0 aliphatic carbocycles. The Bertz CT molecular complexity index is 1090. The molecule has 2 N–H and O–H groups in total. The predicted molar refractivity (Wildman–Crippen MR) is 108 cm³/mol. The summed E-state index contributed by atoms with van der Waals surface area (Å²) in [6.45, 7) is -0.472. The van der Waals surface area contributed by atoms with Gasteiger partial charge in [0.2, 0.25) is 5.91 Å². The molecular weight excluding hydrogens is 483 g/mol. The zero-order valence-corrected chi connectivity index (χ0v) is 17.9. The SMILES string of the molecule is COC(=O)C1(CC(N)=O)C(=O)N(Cc2ccc(Br)cc2F)C(=O)c2cccc(Cl)c21. The number of hydrogen-bond acceptors (Lipinski definition) is 5. The molecule has 2 aromatic rings. The molecule has 0 saturated heterocycles. The average molecular weight is 498 g/mol. The number of fused-ring (bicyclic) bond motifs is 1. The second-order valence-corrected chi connectivity index (χ2v) is 7.96. The highest BCUT2D eigenvalue weighted by Gasteiger charge is 2.58. The molecule has 7 nitrogen and oxygen atoms in total. The Labute approximate surface area is 184 Å². The normalized spacial score (nSPS) is 18.2. The summed E-state index contributed by atoms with van der Waals surface area (Å²) in [7, 11) is 1.03. The number of imide groups is 1. The van der Waals surface area contributed by atoms with Gasteiger partial charge in [-0.1, -0.05) is 39.7 Å². The molecule has 1 atom stereocenters. The van der Waals surface area contributed by atoms with Crippen molar-refractivity contribution in [2.24, 2.45) is 5.73 Å². The van der Waals surface area contributed by atoms with Crippen LogP contribution in [0.4, 0.5) is 4.39 Å². The number of carbonyl (C=O) groups excluding carboxylic acids is 4. The summed E-state index contributed by atoms with van der Waals surface area (Å²) >= 11 is 9.38. The summed E-state index contributed by atoms with van der Waals surface area (Å²) in [5, 5.41) is -0.0738. The molecule has 0 aromatic heterocycles. The van der Waals surface area contributed by atoms with Crippen LogP contribution in [0.3, 0.4) is 0 Å². The molecule has 30 heavy (non-hydrogen) atoms. The molecule has 2 aromatic carbocycles. The van der Waals surface area contributed by atoms with Crippen LogP contribution >= 0.6 is 27.5 Å². The maximum Gasteiger partial charge on any atom is 0.326 e. The van der Waals surface area contributed by atoms with E-state index in [4.69, 9.17) is 22.1 Å². The molecule has 0 fully saturated rings. The minimum Gasteiger partial charge on any atom is -0.468 e. The number of nitrogens with zero attached hydrogens (tertiary/aromatic N) is 1. The van der Waals surface area contributed by atoms with Crippen molar-refractivity contribution in [1.82, 2.24) is 4.90 Å². The van der Waals surface area contributed by atoms with E-state index in [0.29, 0.717) is 9.37 Å². The van der Waals surface area contributed by atoms with Crippen molar-refractivity contribution >= 4 is 51.2 Å². The first kappa shape index (κ1) is 21.9. The number of esters is 1. The van der Waals surface area contributed by atoms with E-state index in [1.165, 1.54) is 30.3 Å². The van der Waals surface area contributed by atoms with Gasteiger partial charge in [-0.2, -0.15) is 0 Å². The van der Waals surface area contributed by atoms with Gasteiger partial charge in [0.25, 0.3) is 11.8 Å². The van der Waals surface area contributed by atoms with E-state index in [9.17, 15) is 23.6 Å². The fraction of sp³-hybridized carbons (Fsp3) is 0.200. The molecule has 0 bridgehead atoms. The zero-order valence-electron chi connectivity index (χ0n) is 15.6. The standard InChI is InChI=1S/C20H15BrClFN2O5/c1-30-19(29)20(8-15(24)26)16-12(3-2-4-13(16)22)17(27)25(18(20)28)9-10-5-6-11(21)7-14(10)23/h2-7H,8-9H2,1H3,(H2,24,26). The molecule has 156 valence electrons. The summed E-state index contributed by atoms with van der Waals surface area (Å²) in [4.78, 5) is 52.0. The van der Waals surface area contributed by atoms with Gasteiger partial charge in [0.05, 0.1) is 20.1 Å². The monoisotopic (exact) mass is 496 g/mol. The molecule has 1 unspecified atom stereocenters. The van der Waals surface area contributed by atoms with Gasteiger partial charge in [-0.05, 0) is 24.3 Å². The molecule has 1 aliphatic rings. The van der Waals surface area contributed by atoms with Crippen molar-refractivity contribution in [3.8, 4) is 0 Å². The van der Waals surface area contributed by atoms with Crippen LogP contribution in [0.25, 0.3) is 0 Å². The number of methoxy groups -OCH3 is 1. The topological polar surface area (TPSA) is 107 Å². The Morgan fingerprint density at radius 1 is 1.27 bits per heavy atom. The largest absolute Gasteiger partial charge is 0.468 e. The number of halogens is 3. The lowest BCUT2D eigenvalue weighted by atomic mass is 9.71. The molecular formula is C20H15BrClFN2O5. The van der Waals surface area contributed by atoms with E-state index in [1.807, 2.05) is 0 Å². The minimum absolute atomic E-state index is 0.0308. The van der Waals surface area contributed by atoms with Crippen LogP contribution in [0.2, 0.25) is 5.02 Å². The van der Waals surface area contributed by atoms with E-state index in [0.717, 1.165) is 7.11 Å².